The lowest BCUT2D eigenvalue weighted by molar-refractivity contribution is -0.124. The maximum atomic E-state index is 11.5. The van der Waals surface area contributed by atoms with Gasteiger partial charge >= 0.3 is 0 Å². The first-order valence-corrected chi connectivity index (χ1v) is 5.05. The molecule has 0 amide bonds. The summed E-state index contributed by atoms with van der Waals surface area (Å²) < 4.78 is 0. The van der Waals surface area contributed by atoms with Gasteiger partial charge in [-0.25, -0.2) is 0 Å². The van der Waals surface area contributed by atoms with Crippen molar-refractivity contribution in [3.8, 4) is 0 Å². The highest BCUT2D eigenvalue weighted by Crippen LogP contribution is 2.37. The van der Waals surface area contributed by atoms with E-state index in [0.29, 0.717) is 11.7 Å². The van der Waals surface area contributed by atoms with Gasteiger partial charge < -0.3 is 0 Å². The lowest BCUT2D eigenvalue weighted by Gasteiger charge is -2.30. The number of hydrogen-bond donors (Lipinski definition) is 0. The highest BCUT2D eigenvalue weighted by molar-refractivity contribution is 5.83. The monoisotopic (exact) mass is 176 g/mol. The average Bonchev–Trinajstić information content (AvgIpc) is 2.08. The number of Topliss-reactive ketones (excluding diaryl/α,β-unsaturated/α-hetero) is 1. The second kappa shape index (κ2) is 3.13. The minimum Gasteiger partial charge on any atom is -0.299 e. The predicted molar refractivity (Wildman–Crippen MR) is 53.4 cm³/mol. The van der Waals surface area contributed by atoms with Crippen molar-refractivity contribution in [1.29, 1.82) is 0 Å². The minimum atomic E-state index is 0.259. The number of fused-ring (bicyclic) bond motifs is 1. The van der Waals surface area contributed by atoms with Crippen LogP contribution in [0.15, 0.2) is 23.3 Å². The Kier molecular flexibility index (Phi) is 2.10. The Morgan fingerprint density at radius 1 is 1.23 bits per heavy atom. The van der Waals surface area contributed by atoms with E-state index in [1.807, 2.05) is 6.92 Å². The molecular weight excluding hydrogens is 160 g/mol. The molecular formula is C12H16O. The number of ketones is 1. The van der Waals surface area contributed by atoms with Crippen LogP contribution in [0.1, 0.15) is 33.1 Å². The molecule has 2 atom stereocenters. The molecule has 13 heavy (non-hydrogen) atoms. The molecule has 0 radical (unpaired) electrons. The summed E-state index contributed by atoms with van der Waals surface area (Å²) in [6.45, 7) is 4.19. The van der Waals surface area contributed by atoms with Gasteiger partial charge in [0, 0.05) is 12.3 Å². The number of carbonyl (C=O) groups is 1. The van der Waals surface area contributed by atoms with Crippen LogP contribution >= 0.6 is 0 Å². The highest BCUT2D eigenvalue weighted by Gasteiger charge is 2.30. The predicted octanol–water partition coefficient (Wildman–Crippen LogP) is 2.88. The molecule has 70 valence electrons. The summed E-state index contributed by atoms with van der Waals surface area (Å²) in [5.74, 6) is 1.25. The van der Waals surface area contributed by atoms with E-state index in [9.17, 15) is 4.79 Å². The number of allylic oxidation sites excluding steroid dienone is 4. The van der Waals surface area contributed by atoms with Crippen molar-refractivity contribution in [2.24, 2.45) is 11.8 Å². The zero-order valence-electron chi connectivity index (χ0n) is 8.34. The Morgan fingerprint density at radius 2 is 2.00 bits per heavy atom. The summed E-state index contributed by atoms with van der Waals surface area (Å²) in [7, 11) is 0. The molecule has 0 aromatic rings. The van der Waals surface area contributed by atoms with Crippen LogP contribution in [0.2, 0.25) is 0 Å². The van der Waals surface area contributed by atoms with Gasteiger partial charge in [0.2, 0.25) is 0 Å². The third kappa shape index (κ3) is 1.60. The molecule has 2 unspecified atom stereocenters. The van der Waals surface area contributed by atoms with Crippen LogP contribution in [-0.4, -0.2) is 5.78 Å². The van der Waals surface area contributed by atoms with Gasteiger partial charge in [-0.15, -0.1) is 0 Å². The van der Waals surface area contributed by atoms with Crippen molar-refractivity contribution >= 4 is 5.78 Å². The Hall–Kier alpha value is -0.850. The quantitative estimate of drug-likeness (QED) is 0.554. The molecule has 0 spiro atoms. The lowest BCUT2D eigenvalue weighted by atomic mass is 9.73. The summed E-state index contributed by atoms with van der Waals surface area (Å²) in [4.78, 5) is 11.5. The molecule has 1 saturated carbocycles. The number of rotatable bonds is 0. The summed E-state index contributed by atoms with van der Waals surface area (Å²) in [5, 5.41) is 0. The van der Waals surface area contributed by atoms with Crippen LogP contribution in [0.4, 0.5) is 0 Å². The van der Waals surface area contributed by atoms with Gasteiger partial charge in [-0.3, -0.25) is 4.79 Å². The fourth-order valence-corrected chi connectivity index (χ4v) is 2.32. The van der Waals surface area contributed by atoms with E-state index in [-0.39, 0.29) is 5.92 Å². The Balaban J connectivity index is 2.21. The van der Waals surface area contributed by atoms with Gasteiger partial charge in [-0.1, -0.05) is 30.2 Å². The molecule has 1 heteroatoms. The molecule has 2 aliphatic carbocycles. The number of carbonyl (C=O) groups excluding carboxylic acids is 1. The second-order valence-corrected chi connectivity index (χ2v) is 4.43. The first kappa shape index (κ1) is 8.74. The SMILES string of the molecule is CC1=CC=C2CC(C)C(=O)CC2C1. The summed E-state index contributed by atoms with van der Waals surface area (Å²) >= 11 is 0. The second-order valence-electron chi connectivity index (χ2n) is 4.43. The maximum Gasteiger partial charge on any atom is 0.136 e. The molecule has 0 heterocycles. The third-order valence-electron chi connectivity index (χ3n) is 3.21. The lowest BCUT2D eigenvalue weighted by Crippen LogP contribution is -2.26. The van der Waals surface area contributed by atoms with Crippen LogP contribution in [0.5, 0.6) is 0 Å². The van der Waals surface area contributed by atoms with Gasteiger partial charge in [-0.05, 0) is 25.7 Å². The van der Waals surface area contributed by atoms with E-state index >= 15 is 0 Å². The van der Waals surface area contributed by atoms with E-state index in [1.54, 1.807) is 0 Å². The van der Waals surface area contributed by atoms with Gasteiger partial charge in [0.15, 0.2) is 0 Å². The van der Waals surface area contributed by atoms with Gasteiger partial charge in [0.05, 0.1) is 0 Å². The fraction of sp³-hybridized carbons (Fsp3) is 0.583. The van der Waals surface area contributed by atoms with Crippen molar-refractivity contribution in [2.45, 2.75) is 33.1 Å². The van der Waals surface area contributed by atoms with Crippen LogP contribution in [0.25, 0.3) is 0 Å². The van der Waals surface area contributed by atoms with Crippen molar-refractivity contribution < 1.29 is 4.79 Å². The third-order valence-corrected chi connectivity index (χ3v) is 3.21. The van der Waals surface area contributed by atoms with Crippen molar-refractivity contribution in [2.75, 3.05) is 0 Å². The molecule has 2 aliphatic rings. The average molecular weight is 176 g/mol. The van der Waals surface area contributed by atoms with E-state index in [0.717, 1.165) is 19.3 Å². The summed E-state index contributed by atoms with van der Waals surface area (Å²) in [5.41, 5.74) is 2.91. The molecule has 0 aromatic carbocycles. The van der Waals surface area contributed by atoms with Crippen LogP contribution in [0.3, 0.4) is 0 Å². The van der Waals surface area contributed by atoms with Crippen molar-refractivity contribution in [3.05, 3.63) is 23.3 Å². The Bertz CT molecular complexity index is 296. The normalized spacial score (nSPS) is 33.5. The van der Waals surface area contributed by atoms with Gasteiger partial charge in [0.1, 0.15) is 5.78 Å². The molecule has 1 fully saturated rings. The van der Waals surface area contributed by atoms with E-state index < -0.39 is 0 Å². The molecule has 2 rings (SSSR count). The van der Waals surface area contributed by atoms with E-state index in [4.69, 9.17) is 0 Å². The zero-order chi connectivity index (χ0) is 9.42. The van der Waals surface area contributed by atoms with Gasteiger partial charge in [0.25, 0.3) is 0 Å². The Morgan fingerprint density at radius 3 is 2.77 bits per heavy atom. The molecule has 0 aromatic heterocycles. The Labute approximate surface area is 79.5 Å². The maximum absolute atomic E-state index is 11.5. The molecule has 0 N–H and O–H groups in total. The molecule has 0 bridgehead atoms. The van der Waals surface area contributed by atoms with Crippen LogP contribution < -0.4 is 0 Å². The summed E-state index contributed by atoms with van der Waals surface area (Å²) in [6.07, 6.45) is 7.30. The van der Waals surface area contributed by atoms with E-state index in [1.165, 1.54) is 11.1 Å². The van der Waals surface area contributed by atoms with Gasteiger partial charge in [-0.2, -0.15) is 0 Å². The van der Waals surface area contributed by atoms with Crippen molar-refractivity contribution in [1.82, 2.24) is 0 Å². The summed E-state index contributed by atoms with van der Waals surface area (Å²) in [6, 6.07) is 0. The largest absolute Gasteiger partial charge is 0.299 e. The van der Waals surface area contributed by atoms with E-state index in [2.05, 4.69) is 19.1 Å². The molecule has 0 saturated heterocycles. The first-order chi connectivity index (χ1) is 6.16. The van der Waals surface area contributed by atoms with Crippen molar-refractivity contribution in [3.63, 3.8) is 0 Å². The zero-order valence-corrected chi connectivity index (χ0v) is 8.34. The fourth-order valence-electron chi connectivity index (χ4n) is 2.32. The highest BCUT2D eigenvalue weighted by atomic mass is 16.1. The number of hydrogen-bond acceptors (Lipinski definition) is 1. The topological polar surface area (TPSA) is 17.1 Å². The van der Waals surface area contributed by atoms with Crippen LogP contribution in [0, 0.1) is 11.8 Å². The first-order valence-electron chi connectivity index (χ1n) is 5.05. The minimum absolute atomic E-state index is 0.259. The van der Waals surface area contributed by atoms with Crippen LogP contribution in [-0.2, 0) is 4.79 Å². The molecule has 1 nitrogen and oxygen atoms in total. The molecule has 0 aliphatic heterocycles. The smallest absolute Gasteiger partial charge is 0.136 e. The standard InChI is InChI=1S/C12H16O/c1-8-3-4-10-6-9(2)12(13)7-11(10)5-8/h3-4,9,11H,5-7H2,1-2H3.